The average Bonchev–Trinajstić information content (AvgIpc) is 4.12. The van der Waals surface area contributed by atoms with E-state index < -0.39 is 0 Å². The van der Waals surface area contributed by atoms with Crippen LogP contribution in [0.5, 0.6) is 0 Å². The molecule has 4 heteroatoms. The first-order valence-electron chi connectivity index (χ1n) is 24.9. The lowest BCUT2D eigenvalue weighted by Crippen LogP contribution is -2.11. The van der Waals surface area contributed by atoms with Crippen LogP contribution in [0.4, 0.5) is 0 Å². The predicted molar refractivity (Wildman–Crippen MR) is 306 cm³/mol. The summed E-state index contributed by atoms with van der Waals surface area (Å²) in [6, 6.07) is 72.5. The Morgan fingerprint density at radius 1 is 0.167 bits per heavy atom. The van der Waals surface area contributed by atoms with Crippen molar-refractivity contribution in [2.45, 2.75) is 0 Å². The van der Waals surface area contributed by atoms with Crippen LogP contribution in [0.25, 0.3) is 154 Å². The van der Waals surface area contributed by atoms with Gasteiger partial charge in [0.25, 0.3) is 0 Å². The summed E-state index contributed by atoms with van der Waals surface area (Å²) in [5.41, 5.74) is 4.21. The number of benzene rings is 12. The van der Waals surface area contributed by atoms with E-state index in [0.717, 1.165) is 44.2 Å². The fraction of sp³-hybridized carbons (Fsp3) is 0. The fourth-order valence-corrected chi connectivity index (χ4v) is 12.4. The van der Waals surface area contributed by atoms with E-state index in [-0.39, 0.29) is 0 Å². The highest BCUT2D eigenvalue weighted by Crippen LogP contribution is 2.35. The number of aromatic nitrogens is 4. The van der Waals surface area contributed by atoms with Gasteiger partial charge in [0.05, 0.1) is 0 Å². The highest BCUT2D eigenvalue weighted by Gasteiger charge is 2.17. The van der Waals surface area contributed by atoms with Crippen LogP contribution >= 0.6 is 0 Å². The zero-order valence-electron chi connectivity index (χ0n) is 38.8. The van der Waals surface area contributed by atoms with E-state index >= 15 is 0 Å². The number of hydrogen-bond acceptors (Lipinski definition) is 0. The number of fused-ring (bicyclic) bond motifs is 28. The van der Waals surface area contributed by atoms with Crippen molar-refractivity contribution in [2.24, 2.45) is 0 Å². The molecule has 0 atom stereocenters. The van der Waals surface area contributed by atoms with Crippen molar-refractivity contribution in [3.63, 3.8) is 0 Å². The van der Waals surface area contributed by atoms with Crippen molar-refractivity contribution in [1.82, 2.24) is 19.9 Å². The normalized spacial score (nSPS) is 12.9. The third-order valence-electron chi connectivity index (χ3n) is 15.9. The quantitative estimate of drug-likeness (QED) is 0.110. The van der Waals surface area contributed by atoms with E-state index in [0.29, 0.717) is 0 Å². The number of H-pyrrole nitrogens is 4. The molecule has 4 N–H and O–H groups in total. The molecule has 0 fully saturated rings. The monoisotopic (exact) mass is 912 g/mol. The summed E-state index contributed by atoms with van der Waals surface area (Å²) < 4.78 is 0. The third kappa shape index (κ3) is 5.63. The van der Waals surface area contributed by atoms with Crippen LogP contribution in [0.15, 0.2) is 194 Å². The molecule has 0 aliphatic carbocycles. The second kappa shape index (κ2) is 14.0. The van der Waals surface area contributed by atoms with Crippen molar-refractivity contribution in [3.8, 4) is 0 Å². The van der Waals surface area contributed by atoms with Crippen LogP contribution in [0.1, 0.15) is 22.8 Å². The molecule has 12 aromatic carbocycles. The first-order valence-corrected chi connectivity index (χ1v) is 24.9. The Morgan fingerprint density at radius 2 is 0.347 bits per heavy atom. The molecule has 1 aliphatic rings. The third-order valence-corrected chi connectivity index (χ3v) is 15.9. The summed E-state index contributed by atoms with van der Waals surface area (Å²) in [5.74, 6) is 0. The second-order valence-electron chi connectivity index (χ2n) is 20.2. The van der Waals surface area contributed by atoms with Gasteiger partial charge in [-0.3, -0.25) is 0 Å². The molecule has 0 saturated carbocycles. The Kier molecular flexibility index (Phi) is 7.44. The van der Waals surface area contributed by atoms with Gasteiger partial charge in [-0.25, -0.2) is 0 Å². The van der Waals surface area contributed by atoms with Crippen LogP contribution in [-0.2, 0) is 0 Å². The minimum Gasteiger partial charge on any atom is -0.354 e. The lowest BCUT2D eigenvalue weighted by atomic mass is 9.99. The minimum atomic E-state index is 1.05. The molecule has 8 bridgehead atoms. The Balaban J connectivity index is 1.05. The number of nitrogens with one attached hydrogen (secondary N) is 4. The SMILES string of the molecule is C1=c2[nH]c(c3cc4cc5ccccc5cc4cc23)=Cc2[nH]c(c3cc4cc5ccccc5cc4cc23)C=c2[nH]c(c3cc4cc5ccccc5cc4cc23)=Cc2[nH]c1c1cc3cc4ccccc4cc3cc21. The van der Waals surface area contributed by atoms with Gasteiger partial charge in [0.2, 0.25) is 0 Å². The fourth-order valence-electron chi connectivity index (χ4n) is 12.4. The molecule has 4 aromatic heterocycles. The van der Waals surface area contributed by atoms with Crippen molar-refractivity contribution in [3.05, 3.63) is 238 Å². The van der Waals surface area contributed by atoms with Crippen LogP contribution in [0, 0.1) is 0 Å². The van der Waals surface area contributed by atoms with Crippen LogP contribution < -0.4 is 21.4 Å². The minimum absolute atomic E-state index is 1.05. The Labute approximate surface area is 409 Å². The van der Waals surface area contributed by atoms with Crippen molar-refractivity contribution in [1.29, 1.82) is 0 Å². The standard InChI is InChI=1S/C68H40N4/c1-2-10-38-18-46-26-54-53(25-45(46)17-37(38)9-1)61-33-63-55-27-47-19-39-11-3-4-12-40(39)20-48(47)28-56(55)65(70-63)35-67-59-31-51-23-43-15-7-8-16-44(43)24-52(51)32-60(59)68(72-67)36-66-58-30-50-22-42-14-6-5-13-41(42)21-49(50)29-57(58)64(71-66)34-62(54)69-61/h1-36,69-72H. The molecule has 5 heterocycles. The number of aromatic amines is 4. The molecule has 17 rings (SSSR count). The number of rotatable bonds is 0. The van der Waals surface area contributed by atoms with E-state index in [9.17, 15) is 0 Å². The van der Waals surface area contributed by atoms with Gasteiger partial charge in [0.1, 0.15) is 0 Å². The highest BCUT2D eigenvalue weighted by molar-refractivity contribution is 6.13. The van der Waals surface area contributed by atoms with Crippen LogP contribution in [0.2, 0.25) is 0 Å². The van der Waals surface area contributed by atoms with Gasteiger partial charge < -0.3 is 19.9 Å². The lowest BCUT2D eigenvalue weighted by Gasteiger charge is -2.04. The van der Waals surface area contributed by atoms with Gasteiger partial charge in [-0.15, -0.1) is 0 Å². The molecule has 72 heavy (non-hydrogen) atoms. The van der Waals surface area contributed by atoms with Gasteiger partial charge in [-0.05, 0) is 208 Å². The molecule has 4 nitrogen and oxygen atoms in total. The highest BCUT2D eigenvalue weighted by atomic mass is 14.8. The largest absolute Gasteiger partial charge is 0.354 e. The maximum atomic E-state index is 4.02. The predicted octanol–water partition coefficient (Wildman–Crippen LogP) is 14.5. The van der Waals surface area contributed by atoms with Gasteiger partial charge >= 0.3 is 0 Å². The molecule has 0 unspecified atom stereocenters. The lowest BCUT2D eigenvalue weighted by molar-refractivity contribution is 1.25. The molecule has 16 aromatic rings. The summed E-state index contributed by atoms with van der Waals surface area (Å²) in [7, 11) is 0. The first kappa shape index (κ1) is 38.2. The maximum Gasteiger partial charge on any atom is 0.0486 e. The van der Waals surface area contributed by atoms with Crippen LogP contribution in [-0.4, -0.2) is 19.9 Å². The zero-order chi connectivity index (χ0) is 46.8. The zero-order valence-corrected chi connectivity index (χ0v) is 38.8. The van der Waals surface area contributed by atoms with Crippen molar-refractivity contribution in [2.75, 3.05) is 0 Å². The van der Waals surface area contributed by atoms with E-state index in [2.05, 4.69) is 238 Å². The van der Waals surface area contributed by atoms with E-state index in [4.69, 9.17) is 0 Å². The smallest absolute Gasteiger partial charge is 0.0486 e. The summed E-state index contributed by atoms with van der Waals surface area (Å²) in [6.45, 7) is 0. The molecule has 0 saturated heterocycles. The molecular formula is C68H40N4. The molecule has 0 radical (unpaired) electrons. The van der Waals surface area contributed by atoms with Gasteiger partial charge in [-0.2, -0.15) is 0 Å². The molecule has 332 valence electrons. The molecule has 0 spiro atoms. The number of hydrogen-bond donors (Lipinski definition) is 4. The summed E-state index contributed by atoms with van der Waals surface area (Å²) in [5, 5.41) is 33.2. The van der Waals surface area contributed by atoms with Crippen molar-refractivity contribution >= 4 is 154 Å². The second-order valence-corrected chi connectivity index (χ2v) is 20.2. The van der Waals surface area contributed by atoms with Gasteiger partial charge in [0.15, 0.2) is 0 Å². The summed E-state index contributed by atoms with van der Waals surface area (Å²) >= 11 is 0. The van der Waals surface area contributed by atoms with Crippen molar-refractivity contribution < 1.29 is 0 Å². The summed E-state index contributed by atoms with van der Waals surface area (Å²) in [4.78, 5) is 16.1. The Morgan fingerprint density at radius 3 is 0.542 bits per heavy atom. The van der Waals surface area contributed by atoms with Crippen LogP contribution in [0.3, 0.4) is 0 Å². The van der Waals surface area contributed by atoms with E-state index in [1.54, 1.807) is 0 Å². The van der Waals surface area contributed by atoms with Gasteiger partial charge in [-0.1, -0.05) is 97.1 Å². The first-order chi connectivity index (χ1) is 35.5. The average molecular weight is 913 g/mol. The van der Waals surface area contributed by atoms with E-state index in [1.807, 2.05) is 0 Å². The van der Waals surface area contributed by atoms with E-state index in [1.165, 1.54) is 129 Å². The topological polar surface area (TPSA) is 63.2 Å². The Hall–Kier alpha value is -9.64. The molecular weight excluding hydrogens is 873 g/mol. The summed E-state index contributed by atoms with van der Waals surface area (Å²) in [6.07, 6.45) is 9.36. The van der Waals surface area contributed by atoms with Gasteiger partial charge in [0, 0.05) is 87.3 Å². The maximum absolute atomic E-state index is 4.02. The molecule has 1 aliphatic heterocycles. The Bertz CT molecular complexity index is 4740. The molecule has 0 amide bonds.